The molecule has 3 nitrogen and oxygen atoms in total. The van der Waals surface area contributed by atoms with E-state index in [0.717, 1.165) is 6.07 Å². The van der Waals surface area contributed by atoms with Gasteiger partial charge in [-0.15, -0.1) is 0 Å². The molecule has 0 heterocycles. The molecule has 0 aliphatic rings. The van der Waals surface area contributed by atoms with Crippen LogP contribution >= 0.6 is 0 Å². The highest BCUT2D eigenvalue weighted by Crippen LogP contribution is 2.15. The zero-order valence-electron chi connectivity index (χ0n) is 11.0. The van der Waals surface area contributed by atoms with Gasteiger partial charge in [-0.25, -0.2) is 13.6 Å². The fourth-order valence-corrected chi connectivity index (χ4v) is 1.60. The molecule has 0 bridgehead atoms. The Morgan fingerprint density at radius 3 is 2.53 bits per heavy atom. The largest absolute Gasteiger partial charge is 0.478 e. The fourth-order valence-electron chi connectivity index (χ4n) is 1.60. The average molecular weight is 269 g/mol. The summed E-state index contributed by atoms with van der Waals surface area (Å²) in [5, 5.41) is 8.82. The molecular formula is C14H17F2NO2. The molecule has 0 aliphatic heterocycles. The van der Waals surface area contributed by atoms with Gasteiger partial charge in [0.1, 0.15) is 11.6 Å². The van der Waals surface area contributed by atoms with Gasteiger partial charge in [0.05, 0.1) is 0 Å². The lowest BCUT2D eigenvalue weighted by atomic mass is 10.1. The Balaban J connectivity index is 2.84. The molecule has 0 aromatic heterocycles. The van der Waals surface area contributed by atoms with E-state index in [1.54, 1.807) is 4.90 Å². The quantitative estimate of drug-likeness (QED) is 0.807. The van der Waals surface area contributed by atoms with Crippen LogP contribution in [0.3, 0.4) is 0 Å². The molecule has 0 fully saturated rings. The first-order chi connectivity index (χ1) is 8.81. The molecule has 104 valence electrons. The van der Waals surface area contributed by atoms with Crippen LogP contribution in [0.15, 0.2) is 30.4 Å². The van der Waals surface area contributed by atoms with E-state index in [2.05, 4.69) is 6.58 Å². The number of carboxylic acid groups (broad SMARTS) is 1. The highest BCUT2D eigenvalue weighted by atomic mass is 19.1. The van der Waals surface area contributed by atoms with Crippen LogP contribution in [0, 0.1) is 11.6 Å². The van der Waals surface area contributed by atoms with E-state index in [9.17, 15) is 13.6 Å². The lowest BCUT2D eigenvalue weighted by molar-refractivity contribution is -0.132. The molecule has 0 saturated carbocycles. The number of carboxylic acids is 1. The van der Waals surface area contributed by atoms with Crippen molar-refractivity contribution < 1.29 is 18.7 Å². The lowest BCUT2D eigenvalue weighted by Crippen LogP contribution is -2.33. The van der Waals surface area contributed by atoms with Crippen LogP contribution in [0.5, 0.6) is 0 Å². The molecule has 1 aromatic carbocycles. The summed E-state index contributed by atoms with van der Waals surface area (Å²) in [6.45, 7) is 7.54. The van der Waals surface area contributed by atoms with E-state index in [1.165, 1.54) is 12.1 Å². The summed E-state index contributed by atoms with van der Waals surface area (Å²) >= 11 is 0. The second-order valence-electron chi connectivity index (χ2n) is 4.64. The average Bonchev–Trinajstić information content (AvgIpc) is 2.30. The smallest absolute Gasteiger partial charge is 0.332 e. The van der Waals surface area contributed by atoms with E-state index in [4.69, 9.17) is 5.11 Å². The molecule has 5 heteroatoms. The first kappa shape index (κ1) is 15.3. The van der Waals surface area contributed by atoms with Gasteiger partial charge < -0.3 is 5.11 Å². The van der Waals surface area contributed by atoms with Crippen molar-refractivity contribution in [2.75, 3.05) is 6.54 Å². The van der Waals surface area contributed by atoms with Crippen LogP contribution in [-0.4, -0.2) is 28.6 Å². The zero-order valence-corrected chi connectivity index (χ0v) is 11.0. The Morgan fingerprint density at radius 2 is 2.05 bits per heavy atom. The molecule has 0 radical (unpaired) electrons. The SMILES string of the molecule is C=C(CN(Cc1ccc(F)cc1F)C(C)C)C(=O)O. The van der Waals surface area contributed by atoms with Crippen molar-refractivity contribution >= 4 is 5.97 Å². The second kappa shape index (κ2) is 6.43. The van der Waals surface area contributed by atoms with Crippen molar-refractivity contribution in [2.45, 2.75) is 26.4 Å². The summed E-state index contributed by atoms with van der Waals surface area (Å²) in [4.78, 5) is 12.5. The van der Waals surface area contributed by atoms with Crippen LogP contribution in [0.2, 0.25) is 0 Å². The number of aliphatic carboxylic acids is 1. The molecule has 19 heavy (non-hydrogen) atoms. The number of rotatable bonds is 6. The van der Waals surface area contributed by atoms with Gasteiger partial charge in [0.2, 0.25) is 0 Å². The molecule has 0 spiro atoms. The molecule has 0 saturated heterocycles. The van der Waals surface area contributed by atoms with Gasteiger partial charge >= 0.3 is 5.97 Å². The normalized spacial score (nSPS) is 11.1. The predicted molar refractivity (Wildman–Crippen MR) is 68.7 cm³/mol. The van der Waals surface area contributed by atoms with Gasteiger partial charge in [-0.3, -0.25) is 4.90 Å². The summed E-state index contributed by atoms with van der Waals surface area (Å²) in [5.41, 5.74) is 0.365. The molecule has 0 unspecified atom stereocenters. The van der Waals surface area contributed by atoms with Crippen LogP contribution in [0.4, 0.5) is 8.78 Å². The molecule has 0 atom stereocenters. The molecular weight excluding hydrogens is 252 g/mol. The van der Waals surface area contributed by atoms with Crippen molar-refractivity contribution in [3.8, 4) is 0 Å². The number of benzene rings is 1. The minimum Gasteiger partial charge on any atom is -0.478 e. The predicted octanol–water partition coefficient (Wildman–Crippen LogP) is 2.82. The van der Waals surface area contributed by atoms with E-state index < -0.39 is 17.6 Å². The molecule has 0 amide bonds. The number of hydrogen-bond acceptors (Lipinski definition) is 2. The van der Waals surface area contributed by atoms with E-state index in [0.29, 0.717) is 5.56 Å². The van der Waals surface area contributed by atoms with E-state index in [-0.39, 0.29) is 24.7 Å². The van der Waals surface area contributed by atoms with Gasteiger partial charge in [-0.1, -0.05) is 12.6 Å². The van der Waals surface area contributed by atoms with Crippen LogP contribution in [-0.2, 0) is 11.3 Å². The van der Waals surface area contributed by atoms with Crippen molar-refractivity contribution in [1.29, 1.82) is 0 Å². The van der Waals surface area contributed by atoms with Gasteiger partial charge in [0, 0.05) is 36.3 Å². The summed E-state index contributed by atoms with van der Waals surface area (Å²) in [7, 11) is 0. The van der Waals surface area contributed by atoms with Crippen molar-refractivity contribution in [3.63, 3.8) is 0 Å². The molecule has 0 aliphatic carbocycles. The van der Waals surface area contributed by atoms with Crippen LogP contribution < -0.4 is 0 Å². The topological polar surface area (TPSA) is 40.5 Å². The second-order valence-corrected chi connectivity index (χ2v) is 4.64. The Kier molecular flexibility index (Phi) is 5.18. The molecule has 1 N–H and O–H groups in total. The zero-order chi connectivity index (χ0) is 14.6. The highest BCUT2D eigenvalue weighted by Gasteiger charge is 2.16. The summed E-state index contributed by atoms with van der Waals surface area (Å²) in [6, 6.07) is 3.38. The number of halogens is 2. The maximum absolute atomic E-state index is 13.6. The molecule has 1 aromatic rings. The first-order valence-corrected chi connectivity index (χ1v) is 5.90. The number of carbonyl (C=O) groups is 1. The maximum Gasteiger partial charge on any atom is 0.332 e. The van der Waals surface area contributed by atoms with Gasteiger partial charge in [0.25, 0.3) is 0 Å². The summed E-state index contributed by atoms with van der Waals surface area (Å²) in [6.07, 6.45) is 0. The lowest BCUT2D eigenvalue weighted by Gasteiger charge is -2.26. The van der Waals surface area contributed by atoms with E-state index >= 15 is 0 Å². The van der Waals surface area contributed by atoms with Crippen LogP contribution in [0.25, 0.3) is 0 Å². The van der Waals surface area contributed by atoms with E-state index in [1.807, 2.05) is 13.8 Å². The minimum atomic E-state index is -1.08. The monoisotopic (exact) mass is 269 g/mol. The third-order valence-corrected chi connectivity index (χ3v) is 2.82. The van der Waals surface area contributed by atoms with Gasteiger partial charge in [-0.05, 0) is 19.9 Å². The standard InChI is InChI=1S/C14H17F2NO2/c1-9(2)17(7-10(3)14(18)19)8-11-4-5-12(15)6-13(11)16/h4-6,9H,3,7-8H2,1-2H3,(H,18,19). The first-order valence-electron chi connectivity index (χ1n) is 5.90. The third-order valence-electron chi connectivity index (χ3n) is 2.82. The fraction of sp³-hybridized carbons (Fsp3) is 0.357. The Labute approximate surface area is 111 Å². The Hall–Kier alpha value is -1.75. The summed E-state index contributed by atoms with van der Waals surface area (Å²) in [5.74, 6) is -2.34. The third kappa shape index (κ3) is 4.44. The van der Waals surface area contributed by atoms with Crippen LogP contribution in [0.1, 0.15) is 19.4 Å². The highest BCUT2D eigenvalue weighted by molar-refractivity contribution is 5.86. The van der Waals surface area contributed by atoms with Crippen molar-refractivity contribution in [2.24, 2.45) is 0 Å². The van der Waals surface area contributed by atoms with Gasteiger partial charge in [0.15, 0.2) is 0 Å². The van der Waals surface area contributed by atoms with Crippen molar-refractivity contribution in [3.05, 3.63) is 47.5 Å². The summed E-state index contributed by atoms with van der Waals surface area (Å²) < 4.78 is 26.4. The number of nitrogens with zero attached hydrogens (tertiary/aromatic N) is 1. The minimum absolute atomic E-state index is 0.0144. The van der Waals surface area contributed by atoms with Crippen molar-refractivity contribution in [1.82, 2.24) is 4.90 Å². The Morgan fingerprint density at radius 1 is 1.42 bits per heavy atom. The number of hydrogen-bond donors (Lipinski definition) is 1. The molecule has 1 rings (SSSR count). The maximum atomic E-state index is 13.6. The van der Waals surface area contributed by atoms with Gasteiger partial charge in [-0.2, -0.15) is 0 Å². The Bertz CT molecular complexity index is 486.